The molecule has 3 rings (SSSR count). The molecule has 0 radical (unpaired) electrons. The highest BCUT2D eigenvalue weighted by atomic mass is 35.5. The van der Waals surface area contributed by atoms with Crippen LogP contribution in [0.3, 0.4) is 0 Å². The molecule has 1 aromatic rings. The Hall–Kier alpha value is -1.87. The van der Waals surface area contributed by atoms with Gasteiger partial charge in [0.25, 0.3) is 5.91 Å². The van der Waals surface area contributed by atoms with Crippen LogP contribution in [0.1, 0.15) is 48.9 Å². The van der Waals surface area contributed by atoms with Crippen LogP contribution in [0.2, 0.25) is 5.02 Å². The van der Waals surface area contributed by atoms with E-state index in [9.17, 15) is 14.7 Å². The number of amides is 3. The number of rotatable bonds is 6. The molecule has 1 heterocycles. The van der Waals surface area contributed by atoms with Crippen LogP contribution < -0.4 is 15.8 Å². The van der Waals surface area contributed by atoms with E-state index in [2.05, 4.69) is 10.7 Å². The molecule has 8 nitrogen and oxygen atoms in total. The molecule has 1 saturated heterocycles. The van der Waals surface area contributed by atoms with Gasteiger partial charge >= 0.3 is 6.03 Å². The number of β-amino-alcohol motifs (C(OH)–C–C–N with tert-alkyl or cyclic N) is 1. The lowest BCUT2D eigenvalue weighted by Crippen LogP contribution is -2.42. The molecule has 154 valence electrons. The van der Waals surface area contributed by atoms with Crippen molar-refractivity contribution in [3.8, 4) is 0 Å². The first-order valence-corrected chi connectivity index (χ1v) is 10.0. The number of anilines is 1. The Morgan fingerprint density at radius 1 is 1.25 bits per heavy atom. The molecule has 1 aromatic carbocycles. The molecule has 0 aromatic heterocycles. The predicted octanol–water partition coefficient (Wildman–Crippen LogP) is 1.85. The maximum absolute atomic E-state index is 12.7. The third kappa shape index (κ3) is 4.75. The molecular formula is C19H27ClN4O4. The lowest BCUT2D eigenvalue weighted by atomic mass is 9.94. The topological polar surface area (TPSA) is 105 Å². The number of benzene rings is 1. The number of nitrogens with one attached hydrogen (secondary N) is 2. The Morgan fingerprint density at radius 3 is 2.64 bits per heavy atom. The van der Waals surface area contributed by atoms with Crippen molar-refractivity contribution in [1.29, 1.82) is 0 Å². The number of hydrazine groups is 1. The number of carbonyl (C=O) groups is 2. The largest absolute Gasteiger partial charge is 0.395 e. The van der Waals surface area contributed by atoms with E-state index in [0.29, 0.717) is 18.5 Å². The molecule has 2 fully saturated rings. The molecular weight excluding hydrogens is 384 g/mol. The van der Waals surface area contributed by atoms with E-state index in [0.717, 1.165) is 25.7 Å². The Morgan fingerprint density at radius 2 is 1.96 bits per heavy atom. The van der Waals surface area contributed by atoms with Gasteiger partial charge in [-0.05, 0) is 31.0 Å². The Bertz CT molecular complexity index is 722. The first kappa shape index (κ1) is 20.9. The van der Waals surface area contributed by atoms with Gasteiger partial charge < -0.3 is 20.4 Å². The van der Waals surface area contributed by atoms with E-state index in [1.165, 1.54) is 9.91 Å². The first-order valence-electron chi connectivity index (χ1n) is 9.67. The van der Waals surface area contributed by atoms with Crippen molar-refractivity contribution in [3.63, 3.8) is 0 Å². The van der Waals surface area contributed by atoms with Crippen LogP contribution in [-0.2, 0) is 0 Å². The van der Waals surface area contributed by atoms with Gasteiger partial charge in [0.1, 0.15) is 0 Å². The molecule has 1 saturated carbocycles. The average molecular weight is 411 g/mol. The van der Waals surface area contributed by atoms with Gasteiger partial charge in [-0.3, -0.25) is 4.79 Å². The highest BCUT2D eigenvalue weighted by Crippen LogP contribution is 2.28. The van der Waals surface area contributed by atoms with Gasteiger partial charge in [0, 0.05) is 13.1 Å². The predicted molar refractivity (Wildman–Crippen MR) is 106 cm³/mol. The molecule has 2 aliphatic rings. The van der Waals surface area contributed by atoms with Crippen LogP contribution in [0.25, 0.3) is 0 Å². The van der Waals surface area contributed by atoms with E-state index in [1.54, 1.807) is 18.2 Å². The summed E-state index contributed by atoms with van der Waals surface area (Å²) in [4.78, 5) is 26.5. The number of urea groups is 1. The molecule has 4 N–H and O–H groups in total. The van der Waals surface area contributed by atoms with Gasteiger partial charge in [0.15, 0.2) is 0 Å². The van der Waals surface area contributed by atoms with Crippen molar-refractivity contribution >= 4 is 29.2 Å². The van der Waals surface area contributed by atoms with Gasteiger partial charge in [0.05, 0.1) is 35.2 Å². The van der Waals surface area contributed by atoms with Crippen molar-refractivity contribution in [2.45, 2.75) is 44.1 Å². The van der Waals surface area contributed by atoms with Crippen LogP contribution in [0, 0.1) is 0 Å². The van der Waals surface area contributed by atoms with Crippen LogP contribution in [0.5, 0.6) is 0 Å². The number of nitrogens with zero attached hydrogens (tertiary/aromatic N) is 2. The second-order valence-corrected chi connectivity index (χ2v) is 7.81. The van der Waals surface area contributed by atoms with Crippen LogP contribution in [0.15, 0.2) is 18.2 Å². The second kappa shape index (κ2) is 9.09. The zero-order valence-electron chi connectivity index (χ0n) is 15.8. The summed E-state index contributed by atoms with van der Waals surface area (Å²) in [5, 5.41) is 24.1. The van der Waals surface area contributed by atoms with Crippen molar-refractivity contribution in [1.82, 2.24) is 15.6 Å². The SMILES string of the molecule is O=C(NCC1(O)CCCCCC1)c1cc(N2NCN(CCO)C2=O)ccc1Cl. The minimum Gasteiger partial charge on any atom is -0.395 e. The van der Waals surface area contributed by atoms with E-state index in [4.69, 9.17) is 16.7 Å². The minimum atomic E-state index is -0.881. The maximum atomic E-state index is 12.7. The molecule has 0 atom stereocenters. The van der Waals surface area contributed by atoms with Gasteiger partial charge in [0.2, 0.25) is 0 Å². The summed E-state index contributed by atoms with van der Waals surface area (Å²) in [5.41, 5.74) is 2.76. The molecule has 28 heavy (non-hydrogen) atoms. The van der Waals surface area contributed by atoms with E-state index < -0.39 is 5.60 Å². The number of hydrogen-bond acceptors (Lipinski definition) is 5. The molecule has 3 amide bonds. The Balaban J connectivity index is 1.69. The van der Waals surface area contributed by atoms with Gasteiger partial charge in [-0.15, -0.1) is 0 Å². The fourth-order valence-corrected chi connectivity index (χ4v) is 3.86. The van der Waals surface area contributed by atoms with E-state index in [1.807, 2.05) is 0 Å². The fraction of sp³-hybridized carbons (Fsp3) is 0.579. The summed E-state index contributed by atoms with van der Waals surface area (Å²) in [6, 6.07) is 4.44. The summed E-state index contributed by atoms with van der Waals surface area (Å²) >= 11 is 6.20. The highest BCUT2D eigenvalue weighted by Gasteiger charge is 2.31. The van der Waals surface area contributed by atoms with Gasteiger partial charge in [-0.25, -0.2) is 15.2 Å². The standard InChI is InChI=1S/C19H27ClN4O4/c20-16-6-5-14(24-18(27)23(9-10-25)13-22-24)11-15(16)17(26)21-12-19(28)7-3-1-2-4-8-19/h5-6,11,22,25,28H,1-4,7-10,12-13H2,(H,21,26). The second-order valence-electron chi connectivity index (χ2n) is 7.41. The lowest BCUT2D eigenvalue weighted by Gasteiger charge is -2.27. The number of aliphatic hydroxyl groups is 2. The Kier molecular flexibility index (Phi) is 6.77. The summed E-state index contributed by atoms with van der Waals surface area (Å²) in [6.45, 7) is 0.550. The Labute approximate surface area is 169 Å². The van der Waals surface area contributed by atoms with Crippen LogP contribution >= 0.6 is 11.6 Å². The van der Waals surface area contributed by atoms with E-state index in [-0.39, 0.29) is 48.9 Å². The average Bonchev–Trinajstić information content (AvgIpc) is 2.89. The number of aliphatic hydroxyl groups excluding tert-OH is 1. The third-order valence-electron chi connectivity index (χ3n) is 5.32. The number of carbonyl (C=O) groups excluding carboxylic acids is 2. The third-order valence-corrected chi connectivity index (χ3v) is 5.65. The highest BCUT2D eigenvalue weighted by molar-refractivity contribution is 6.34. The summed E-state index contributed by atoms with van der Waals surface area (Å²) < 4.78 is 0. The molecule has 0 spiro atoms. The zero-order chi connectivity index (χ0) is 20.1. The molecule has 1 aliphatic carbocycles. The van der Waals surface area contributed by atoms with Crippen molar-refractivity contribution in [2.24, 2.45) is 0 Å². The summed E-state index contributed by atoms with van der Waals surface area (Å²) in [6.07, 6.45) is 5.47. The maximum Gasteiger partial charge on any atom is 0.340 e. The summed E-state index contributed by atoms with van der Waals surface area (Å²) in [7, 11) is 0. The molecule has 0 bridgehead atoms. The van der Waals surface area contributed by atoms with Gasteiger partial charge in [-0.2, -0.15) is 0 Å². The minimum absolute atomic E-state index is 0.127. The fourth-order valence-electron chi connectivity index (χ4n) is 3.66. The summed E-state index contributed by atoms with van der Waals surface area (Å²) in [5.74, 6) is -0.386. The molecule has 1 aliphatic heterocycles. The number of halogens is 1. The van der Waals surface area contributed by atoms with Crippen molar-refractivity contribution in [3.05, 3.63) is 28.8 Å². The molecule has 9 heteroatoms. The monoisotopic (exact) mass is 410 g/mol. The first-order chi connectivity index (χ1) is 13.4. The van der Waals surface area contributed by atoms with Gasteiger partial charge in [-0.1, -0.05) is 37.3 Å². The number of hydrogen-bond donors (Lipinski definition) is 4. The quantitative estimate of drug-likeness (QED) is 0.536. The van der Waals surface area contributed by atoms with Crippen molar-refractivity contribution in [2.75, 3.05) is 31.4 Å². The lowest BCUT2D eigenvalue weighted by molar-refractivity contribution is 0.0246. The van der Waals surface area contributed by atoms with Crippen LogP contribution in [-0.4, -0.2) is 59.0 Å². The van der Waals surface area contributed by atoms with Crippen LogP contribution in [0.4, 0.5) is 10.5 Å². The van der Waals surface area contributed by atoms with E-state index >= 15 is 0 Å². The smallest absolute Gasteiger partial charge is 0.340 e. The normalized spacial score (nSPS) is 19.6. The van der Waals surface area contributed by atoms with Crippen molar-refractivity contribution < 1.29 is 19.8 Å². The zero-order valence-corrected chi connectivity index (χ0v) is 16.5. The molecule has 0 unspecified atom stereocenters.